The molecule has 5 heteroatoms. The van der Waals surface area contributed by atoms with Gasteiger partial charge in [-0.05, 0) is 61.6 Å². The highest BCUT2D eigenvalue weighted by Crippen LogP contribution is 2.62. The van der Waals surface area contributed by atoms with Gasteiger partial charge in [0, 0.05) is 12.3 Å². The second-order valence-electron chi connectivity index (χ2n) is 8.88. The molecular weight excluding hydrogens is 335 g/mol. The quantitative estimate of drug-likeness (QED) is 0.676. The van der Waals surface area contributed by atoms with Crippen molar-refractivity contribution in [2.45, 2.75) is 70.2 Å². The molecule has 4 nitrogen and oxygen atoms in total. The van der Waals surface area contributed by atoms with Gasteiger partial charge in [-0.1, -0.05) is 26.0 Å². The molecule has 142 valence electrons. The molecule has 5 aliphatic rings. The number of rotatable bonds is 1. The van der Waals surface area contributed by atoms with E-state index in [1.54, 1.807) is 0 Å². The normalized spacial score (nSPS) is 50.2. The Hall–Kier alpha value is -1.01. The maximum atomic E-state index is 13.4. The minimum atomic E-state index is -0.758. The predicted molar refractivity (Wildman–Crippen MR) is 92.2 cm³/mol. The second kappa shape index (κ2) is 5.74. The lowest BCUT2D eigenvalue weighted by Gasteiger charge is -2.60. The molecule has 2 bridgehead atoms. The lowest BCUT2D eigenvalue weighted by molar-refractivity contribution is -0.571. The number of fused-ring (bicyclic) bond motifs is 2. The smallest absolute Gasteiger partial charge is 0.201 e. The zero-order valence-electron chi connectivity index (χ0n) is 15.6. The van der Waals surface area contributed by atoms with Crippen LogP contribution in [0.4, 0.5) is 4.39 Å². The van der Waals surface area contributed by atoms with E-state index in [2.05, 4.69) is 13.8 Å². The number of ether oxygens (including phenoxy) is 2. The Morgan fingerprint density at radius 1 is 1.00 bits per heavy atom. The zero-order chi connectivity index (χ0) is 18.1. The molecule has 26 heavy (non-hydrogen) atoms. The Balaban J connectivity index is 1.57. The maximum absolute atomic E-state index is 13.4. The van der Waals surface area contributed by atoms with Gasteiger partial charge in [-0.25, -0.2) is 14.2 Å². The van der Waals surface area contributed by atoms with Crippen LogP contribution in [0.5, 0.6) is 0 Å². The van der Waals surface area contributed by atoms with Crippen LogP contribution in [-0.2, 0) is 19.2 Å². The molecule has 6 rings (SSSR count). The van der Waals surface area contributed by atoms with E-state index in [0.717, 1.165) is 24.8 Å². The Labute approximate surface area is 153 Å². The third-order valence-corrected chi connectivity index (χ3v) is 7.36. The van der Waals surface area contributed by atoms with Crippen LogP contribution in [0.2, 0.25) is 0 Å². The molecule has 1 aliphatic carbocycles. The summed E-state index contributed by atoms with van der Waals surface area (Å²) in [4.78, 5) is 12.0. The first-order chi connectivity index (χ1) is 12.4. The maximum Gasteiger partial charge on any atom is 0.201 e. The number of hydrogen-bond acceptors (Lipinski definition) is 4. The van der Waals surface area contributed by atoms with Crippen molar-refractivity contribution in [3.05, 3.63) is 35.6 Å². The highest BCUT2D eigenvalue weighted by atomic mass is 19.1. The van der Waals surface area contributed by atoms with E-state index in [4.69, 9.17) is 19.2 Å². The zero-order valence-corrected chi connectivity index (χ0v) is 15.6. The fourth-order valence-electron chi connectivity index (χ4n) is 5.94. The Morgan fingerprint density at radius 3 is 2.54 bits per heavy atom. The van der Waals surface area contributed by atoms with Crippen LogP contribution in [0, 0.1) is 29.5 Å². The van der Waals surface area contributed by atoms with Crippen LogP contribution in [0.3, 0.4) is 0 Å². The van der Waals surface area contributed by atoms with Crippen molar-refractivity contribution >= 4 is 0 Å². The summed E-state index contributed by atoms with van der Waals surface area (Å²) in [6.45, 7) is 6.47. The fraction of sp³-hybridized carbons (Fsp3) is 0.714. The van der Waals surface area contributed by atoms with E-state index < -0.39 is 17.7 Å². The van der Waals surface area contributed by atoms with Gasteiger partial charge in [-0.2, -0.15) is 0 Å². The summed E-state index contributed by atoms with van der Waals surface area (Å²) in [5.74, 6) is 0.466. The molecule has 5 fully saturated rings. The Morgan fingerprint density at radius 2 is 1.77 bits per heavy atom. The summed E-state index contributed by atoms with van der Waals surface area (Å²) in [5, 5.41) is 0. The van der Waals surface area contributed by atoms with E-state index >= 15 is 0 Å². The average Bonchev–Trinajstić information content (AvgIpc) is 2.85. The predicted octanol–water partition coefficient (Wildman–Crippen LogP) is 4.75. The molecule has 1 saturated carbocycles. The SMILES string of the molecule is C[C@@H]1CC[C@H]2[C@@H](C)C(c3ccc(F)cc3)O[C@@H]3O[C@@]4(C)CC[C@@H]1[C@]32OO4. The molecule has 8 atom stereocenters. The molecular formula is C21H27FO4. The number of benzene rings is 1. The second-order valence-corrected chi connectivity index (χ2v) is 8.88. The highest BCUT2D eigenvalue weighted by molar-refractivity contribution is 5.22. The summed E-state index contributed by atoms with van der Waals surface area (Å²) in [6.07, 6.45) is 3.52. The summed E-state index contributed by atoms with van der Waals surface area (Å²) in [7, 11) is 0. The molecule has 4 heterocycles. The average molecular weight is 362 g/mol. The van der Waals surface area contributed by atoms with Gasteiger partial charge >= 0.3 is 0 Å². The minimum Gasteiger partial charge on any atom is -0.341 e. The van der Waals surface area contributed by atoms with Crippen molar-refractivity contribution in [1.82, 2.24) is 0 Å². The van der Waals surface area contributed by atoms with E-state index in [-0.39, 0.29) is 17.8 Å². The van der Waals surface area contributed by atoms with Gasteiger partial charge in [0.1, 0.15) is 5.82 Å². The monoisotopic (exact) mass is 362 g/mol. The Kier molecular flexibility index (Phi) is 3.78. The highest BCUT2D eigenvalue weighted by Gasteiger charge is 2.69. The third kappa shape index (κ3) is 2.27. The van der Waals surface area contributed by atoms with Crippen molar-refractivity contribution in [2.75, 3.05) is 0 Å². The summed E-state index contributed by atoms with van der Waals surface area (Å²) in [6, 6.07) is 6.65. The molecule has 0 radical (unpaired) electrons. The van der Waals surface area contributed by atoms with Gasteiger partial charge in [0.25, 0.3) is 0 Å². The van der Waals surface area contributed by atoms with Gasteiger partial charge in [-0.15, -0.1) is 0 Å². The first kappa shape index (κ1) is 17.1. The first-order valence-electron chi connectivity index (χ1n) is 9.88. The van der Waals surface area contributed by atoms with Gasteiger partial charge in [-0.3, -0.25) is 0 Å². The standard InChI is InChI=1S/C21H27FO4/c1-12-4-9-17-13(2)18(14-5-7-15(22)8-6-14)23-19-21(17)16(12)10-11-20(3,24-19)25-26-21/h5-8,12-13,16-19H,4,9-11H2,1-3H3/t12-,13-,16+,17+,18?,19-,20-,21-/m1/s1. The molecule has 1 aromatic carbocycles. The van der Waals surface area contributed by atoms with Crippen LogP contribution in [0.1, 0.15) is 58.1 Å². The van der Waals surface area contributed by atoms with Crippen molar-refractivity contribution in [1.29, 1.82) is 0 Å². The fourth-order valence-corrected chi connectivity index (χ4v) is 5.94. The molecule has 0 amide bonds. The van der Waals surface area contributed by atoms with Gasteiger partial charge in [0.2, 0.25) is 5.79 Å². The molecule has 1 unspecified atom stereocenters. The molecule has 4 aliphatic heterocycles. The third-order valence-electron chi connectivity index (χ3n) is 7.36. The largest absolute Gasteiger partial charge is 0.341 e. The van der Waals surface area contributed by atoms with Gasteiger partial charge in [0.15, 0.2) is 11.9 Å². The molecule has 1 spiro atoms. The van der Waals surface area contributed by atoms with Crippen LogP contribution >= 0.6 is 0 Å². The van der Waals surface area contributed by atoms with Gasteiger partial charge in [0.05, 0.1) is 6.10 Å². The van der Waals surface area contributed by atoms with Crippen LogP contribution in [0.25, 0.3) is 0 Å². The lowest BCUT2D eigenvalue weighted by atomic mass is 9.57. The Bertz CT molecular complexity index is 694. The summed E-state index contributed by atoms with van der Waals surface area (Å²) in [5.41, 5.74) is 0.461. The molecule has 4 saturated heterocycles. The van der Waals surface area contributed by atoms with Crippen LogP contribution in [-0.4, -0.2) is 17.7 Å². The van der Waals surface area contributed by atoms with Crippen molar-refractivity contribution in [2.24, 2.45) is 23.7 Å². The molecule has 0 aromatic heterocycles. The minimum absolute atomic E-state index is 0.128. The lowest BCUT2D eigenvalue weighted by Crippen LogP contribution is -2.69. The number of hydrogen-bond donors (Lipinski definition) is 0. The topological polar surface area (TPSA) is 36.9 Å². The van der Waals surface area contributed by atoms with E-state index in [9.17, 15) is 4.39 Å². The van der Waals surface area contributed by atoms with Crippen molar-refractivity contribution < 1.29 is 23.6 Å². The molecule has 1 aromatic rings. The van der Waals surface area contributed by atoms with Gasteiger partial charge < -0.3 is 9.47 Å². The number of halogens is 1. The van der Waals surface area contributed by atoms with E-state index in [1.165, 1.54) is 18.6 Å². The summed E-state index contributed by atoms with van der Waals surface area (Å²) >= 11 is 0. The van der Waals surface area contributed by atoms with Crippen molar-refractivity contribution in [3.8, 4) is 0 Å². The van der Waals surface area contributed by atoms with Crippen LogP contribution in [0.15, 0.2) is 24.3 Å². The molecule has 0 N–H and O–H groups in total. The van der Waals surface area contributed by atoms with E-state index in [0.29, 0.717) is 17.8 Å². The van der Waals surface area contributed by atoms with Crippen LogP contribution < -0.4 is 0 Å². The summed E-state index contributed by atoms with van der Waals surface area (Å²) < 4.78 is 26.3. The van der Waals surface area contributed by atoms with E-state index in [1.807, 2.05) is 19.1 Å². The van der Waals surface area contributed by atoms with Crippen molar-refractivity contribution in [3.63, 3.8) is 0 Å². The first-order valence-corrected chi connectivity index (χ1v) is 9.88.